The van der Waals surface area contributed by atoms with Crippen molar-refractivity contribution in [2.75, 3.05) is 0 Å². The van der Waals surface area contributed by atoms with Crippen LogP contribution in [0, 0.1) is 5.92 Å². The van der Waals surface area contributed by atoms with Crippen LogP contribution in [0.2, 0.25) is 0 Å². The van der Waals surface area contributed by atoms with E-state index < -0.39 is 0 Å². The third-order valence-electron chi connectivity index (χ3n) is 0.471. The Hall–Kier alpha value is -0.520. The number of allylic oxidation sites excluding steroid dienone is 2. The molecule has 0 radical (unpaired) electrons. The number of rotatable bonds is 1. The lowest BCUT2D eigenvalue weighted by atomic mass is 10.2. The number of hydrogen-bond acceptors (Lipinski definition) is 0. The highest BCUT2D eigenvalue weighted by molar-refractivity contribution is 4.69. The fraction of sp³-hybridized carbons (Fsp3) is 0.500. The molecule has 0 aromatic carbocycles. The van der Waals surface area contributed by atoms with Crippen LogP contribution in [0.1, 0.15) is 20.8 Å². The molecular formula is C8H16. The lowest BCUT2D eigenvalue weighted by molar-refractivity contribution is 0.835. The van der Waals surface area contributed by atoms with Gasteiger partial charge in [0.15, 0.2) is 0 Å². The highest BCUT2D eigenvalue weighted by Crippen LogP contribution is 1.87. The van der Waals surface area contributed by atoms with Crippen LogP contribution in [0.5, 0.6) is 0 Å². The predicted octanol–water partition coefficient (Wildman–Crippen LogP) is 3.02. The summed E-state index contributed by atoms with van der Waals surface area (Å²) in [6.45, 7) is 13.0. The highest BCUT2D eigenvalue weighted by Gasteiger charge is 1.73. The number of hydrogen-bond donors (Lipinski definition) is 0. The van der Waals surface area contributed by atoms with Crippen molar-refractivity contribution in [3.63, 3.8) is 0 Å². The molecule has 48 valence electrons. The molecule has 0 aromatic rings. The predicted molar refractivity (Wildman–Crippen MR) is 40.9 cm³/mol. The molecule has 0 aliphatic carbocycles. The van der Waals surface area contributed by atoms with E-state index in [9.17, 15) is 0 Å². The Labute approximate surface area is 52.9 Å². The third kappa shape index (κ3) is 50.2. The van der Waals surface area contributed by atoms with Crippen LogP contribution >= 0.6 is 0 Å². The van der Waals surface area contributed by atoms with Crippen LogP contribution in [0.4, 0.5) is 0 Å². The minimum atomic E-state index is 0.648. The van der Waals surface area contributed by atoms with Crippen LogP contribution in [0.25, 0.3) is 0 Å². The van der Waals surface area contributed by atoms with Crippen LogP contribution in [0.3, 0.4) is 0 Å². The summed E-state index contributed by atoms with van der Waals surface area (Å²) < 4.78 is 0. The second-order valence-corrected chi connectivity index (χ2v) is 1.89. The first-order chi connectivity index (χ1) is 3.68. The Bertz CT molecular complexity index is 51.1. The summed E-state index contributed by atoms with van der Waals surface area (Å²) in [5.74, 6) is 0.648. The standard InChI is InChI=1S/C5H10.C3H6/c1-4-5(2)3;1-3-2/h4-5H,1H2,2-3H3;3H,1H2,2H3. The van der Waals surface area contributed by atoms with Crippen molar-refractivity contribution in [1.82, 2.24) is 0 Å². The molecule has 0 amide bonds. The van der Waals surface area contributed by atoms with Gasteiger partial charge < -0.3 is 0 Å². The van der Waals surface area contributed by atoms with Crippen molar-refractivity contribution in [2.24, 2.45) is 5.92 Å². The average Bonchev–Trinajstić information content (AvgIpc) is 1.69. The highest BCUT2D eigenvalue weighted by atomic mass is 13.8. The largest absolute Gasteiger partial charge is 0.103 e. The minimum Gasteiger partial charge on any atom is -0.103 e. The Morgan fingerprint density at radius 2 is 1.38 bits per heavy atom. The van der Waals surface area contributed by atoms with Gasteiger partial charge in [0.25, 0.3) is 0 Å². The van der Waals surface area contributed by atoms with Gasteiger partial charge in [-0.3, -0.25) is 0 Å². The lowest BCUT2D eigenvalue weighted by Gasteiger charge is -1.84. The SMILES string of the molecule is C=CC.C=CC(C)C. The second-order valence-electron chi connectivity index (χ2n) is 1.89. The van der Waals surface area contributed by atoms with Gasteiger partial charge in [-0.25, -0.2) is 0 Å². The topological polar surface area (TPSA) is 0 Å². The quantitative estimate of drug-likeness (QED) is 0.457. The van der Waals surface area contributed by atoms with Crippen molar-refractivity contribution in [1.29, 1.82) is 0 Å². The average molecular weight is 112 g/mol. The molecule has 0 unspecified atom stereocenters. The van der Waals surface area contributed by atoms with E-state index in [1.54, 1.807) is 6.08 Å². The maximum atomic E-state index is 3.56. The first-order valence-corrected chi connectivity index (χ1v) is 2.88. The summed E-state index contributed by atoms with van der Waals surface area (Å²) in [6, 6.07) is 0. The summed E-state index contributed by atoms with van der Waals surface area (Å²) in [7, 11) is 0. The molecule has 0 spiro atoms. The molecule has 0 nitrogen and oxygen atoms in total. The minimum absolute atomic E-state index is 0.648. The maximum Gasteiger partial charge on any atom is -0.0293 e. The smallest absolute Gasteiger partial charge is 0.0293 e. The molecule has 0 bridgehead atoms. The molecule has 0 rings (SSSR count). The lowest BCUT2D eigenvalue weighted by Crippen LogP contribution is -1.71. The molecule has 0 N–H and O–H groups in total. The summed E-state index contributed by atoms with van der Waals surface area (Å²) in [5.41, 5.74) is 0. The molecule has 0 heterocycles. The second kappa shape index (κ2) is 9.70. The zero-order valence-electron chi connectivity index (χ0n) is 6.15. The Kier molecular flexibility index (Phi) is 12.7. The van der Waals surface area contributed by atoms with Gasteiger partial charge >= 0.3 is 0 Å². The van der Waals surface area contributed by atoms with Gasteiger partial charge in [0.05, 0.1) is 0 Å². The van der Waals surface area contributed by atoms with Gasteiger partial charge in [-0.2, -0.15) is 0 Å². The van der Waals surface area contributed by atoms with Gasteiger partial charge in [-0.15, -0.1) is 13.2 Å². The fourth-order valence-corrected chi connectivity index (χ4v) is 0. The molecule has 0 aromatic heterocycles. The first-order valence-electron chi connectivity index (χ1n) is 2.88. The molecule has 0 heteroatoms. The molecule has 0 aliphatic rings. The van der Waals surface area contributed by atoms with Crippen LogP contribution < -0.4 is 0 Å². The van der Waals surface area contributed by atoms with E-state index in [0.29, 0.717) is 5.92 Å². The molecule has 0 fully saturated rings. The van der Waals surface area contributed by atoms with Crippen LogP contribution in [-0.2, 0) is 0 Å². The van der Waals surface area contributed by atoms with Crippen LogP contribution in [-0.4, -0.2) is 0 Å². The van der Waals surface area contributed by atoms with E-state index in [4.69, 9.17) is 0 Å². The summed E-state index contributed by atoms with van der Waals surface area (Å²) in [5, 5.41) is 0. The summed E-state index contributed by atoms with van der Waals surface area (Å²) >= 11 is 0. The van der Waals surface area contributed by atoms with E-state index in [2.05, 4.69) is 27.0 Å². The first kappa shape index (κ1) is 10.5. The van der Waals surface area contributed by atoms with Gasteiger partial charge in [0.1, 0.15) is 0 Å². The van der Waals surface area contributed by atoms with E-state index in [1.807, 2.05) is 13.0 Å². The van der Waals surface area contributed by atoms with Gasteiger partial charge in [0.2, 0.25) is 0 Å². The molecule has 0 atom stereocenters. The van der Waals surface area contributed by atoms with Gasteiger partial charge in [0, 0.05) is 0 Å². The summed E-state index contributed by atoms with van der Waals surface area (Å²) in [6.07, 6.45) is 3.67. The fourth-order valence-electron chi connectivity index (χ4n) is 0. The van der Waals surface area contributed by atoms with E-state index in [0.717, 1.165) is 0 Å². The Morgan fingerprint density at radius 3 is 1.38 bits per heavy atom. The van der Waals surface area contributed by atoms with E-state index in [1.165, 1.54) is 0 Å². The van der Waals surface area contributed by atoms with Crippen molar-refractivity contribution in [2.45, 2.75) is 20.8 Å². The van der Waals surface area contributed by atoms with Crippen molar-refractivity contribution in [3.05, 3.63) is 25.3 Å². The van der Waals surface area contributed by atoms with Gasteiger partial charge in [-0.1, -0.05) is 26.0 Å². The van der Waals surface area contributed by atoms with Crippen molar-refractivity contribution >= 4 is 0 Å². The van der Waals surface area contributed by atoms with E-state index >= 15 is 0 Å². The molecule has 0 aliphatic heterocycles. The van der Waals surface area contributed by atoms with Crippen LogP contribution in [0.15, 0.2) is 25.3 Å². The monoisotopic (exact) mass is 112 g/mol. The zero-order chi connectivity index (χ0) is 6.99. The van der Waals surface area contributed by atoms with E-state index in [-0.39, 0.29) is 0 Å². The molecule has 0 saturated carbocycles. The summed E-state index contributed by atoms with van der Waals surface area (Å²) in [4.78, 5) is 0. The van der Waals surface area contributed by atoms with Crippen molar-refractivity contribution in [3.8, 4) is 0 Å². The third-order valence-corrected chi connectivity index (χ3v) is 0.471. The maximum absolute atomic E-state index is 3.56. The zero-order valence-corrected chi connectivity index (χ0v) is 6.15. The molecule has 8 heavy (non-hydrogen) atoms. The van der Waals surface area contributed by atoms with Crippen molar-refractivity contribution < 1.29 is 0 Å². The molecular weight excluding hydrogens is 96.1 g/mol. The van der Waals surface area contributed by atoms with Gasteiger partial charge in [-0.05, 0) is 12.8 Å². The Balaban J connectivity index is 0. The normalized spacial score (nSPS) is 7.00. The molecule has 0 saturated heterocycles. The Morgan fingerprint density at radius 1 is 1.25 bits per heavy atom.